The largest absolute Gasteiger partial charge is 0.354 e. The maximum Gasteiger partial charge on any atom is 0.244 e. The molecule has 1 atom stereocenters. The molecule has 25 heavy (non-hydrogen) atoms. The molecule has 1 aromatic carbocycles. The van der Waals surface area contributed by atoms with Crippen molar-refractivity contribution < 1.29 is 17.6 Å². The van der Waals surface area contributed by atoms with Crippen molar-refractivity contribution in [3.63, 3.8) is 0 Å². The van der Waals surface area contributed by atoms with Gasteiger partial charge < -0.3 is 5.32 Å². The number of nitrogens with one attached hydrogen (secondary N) is 2. The predicted octanol–water partition coefficient (Wildman–Crippen LogP) is 2.55. The number of carbonyl (C=O) groups is 1. The third-order valence-corrected chi connectivity index (χ3v) is 6.02. The van der Waals surface area contributed by atoms with E-state index in [4.69, 9.17) is 0 Å². The molecule has 1 amide bonds. The van der Waals surface area contributed by atoms with Crippen molar-refractivity contribution in [2.75, 3.05) is 6.54 Å². The fraction of sp³-hybridized carbons (Fsp3) is 0.353. The van der Waals surface area contributed by atoms with Crippen molar-refractivity contribution in [2.45, 2.75) is 31.2 Å². The molecule has 136 valence electrons. The molecule has 0 aliphatic rings. The average Bonchev–Trinajstić information content (AvgIpc) is 3.06. The second kappa shape index (κ2) is 8.55. The molecule has 0 radical (unpaired) electrons. The zero-order valence-corrected chi connectivity index (χ0v) is 15.7. The number of amides is 1. The van der Waals surface area contributed by atoms with Gasteiger partial charge in [-0.25, -0.2) is 12.8 Å². The van der Waals surface area contributed by atoms with E-state index in [9.17, 15) is 17.6 Å². The van der Waals surface area contributed by atoms with E-state index in [-0.39, 0.29) is 5.92 Å². The van der Waals surface area contributed by atoms with E-state index >= 15 is 0 Å². The molecule has 0 spiro atoms. The highest BCUT2D eigenvalue weighted by Crippen LogP contribution is 2.15. The SMILES string of the molecule is CC(C)[C@H](NS(=O)(=O)c1ccccc1F)C(=O)NCCc1cccs1. The van der Waals surface area contributed by atoms with Crippen molar-refractivity contribution in [3.05, 3.63) is 52.5 Å². The van der Waals surface area contributed by atoms with Crippen LogP contribution in [-0.2, 0) is 21.2 Å². The molecule has 2 rings (SSSR count). The molecule has 2 N–H and O–H groups in total. The van der Waals surface area contributed by atoms with Crippen LogP contribution in [-0.4, -0.2) is 26.9 Å². The van der Waals surface area contributed by atoms with E-state index in [1.165, 1.54) is 18.2 Å². The highest BCUT2D eigenvalue weighted by molar-refractivity contribution is 7.89. The van der Waals surface area contributed by atoms with E-state index in [1.54, 1.807) is 25.2 Å². The van der Waals surface area contributed by atoms with E-state index in [1.807, 2.05) is 17.5 Å². The minimum absolute atomic E-state index is 0.289. The van der Waals surface area contributed by atoms with Gasteiger partial charge in [-0.15, -0.1) is 11.3 Å². The van der Waals surface area contributed by atoms with Crippen LogP contribution in [0, 0.1) is 11.7 Å². The number of halogens is 1. The van der Waals surface area contributed by atoms with Crippen LogP contribution in [0.15, 0.2) is 46.7 Å². The summed E-state index contributed by atoms with van der Waals surface area (Å²) in [5.74, 6) is -1.56. The van der Waals surface area contributed by atoms with Gasteiger partial charge >= 0.3 is 0 Å². The van der Waals surface area contributed by atoms with Crippen LogP contribution >= 0.6 is 11.3 Å². The summed E-state index contributed by atoms with van der Waals surface area (Å²) in [6, 6.07) is 8.00. The Hall–Kier alpha value is -1.77. The summed E-state index contributed by atoms with van der Waals surface area (Å²) < 4.78 is 40.9. The van der Waals surface area contributed by atoms with Gasteiger partial charge in [0.15, 0.2) is 0 Å². The van der Waals surface area contributed by atoms with Gasteiger partial charge in [0.2, 0.25) is 15.9 Å². The second-order valence-corrected chi connectivity index (χ2v) is 8.61. The first-order chi connectivity index (χ1) is 11.8. The van der Waals surface area contributed by atoms with E-state index in [0.717, 1.165) is 10.9 Å². The Bertz CT molecular complexity index is 805. The first kappa shape index (κ1) is 19.6. The van der Waals surface area contributed by atoms with Crippen LogP contribution in [0.1, 0.15) is 18.7 Å². The summed E-state index contributed by atoms with van der Waals surface area (Å²) >= 11 is 1.59. The predicted molar refractivity (Wildman–Crippen MR) is 96.4 cm³/mol. The first-order valence-electron chi connectivity index (χ1n) is 7.88. The van der Waals surface area contributed by atoms with Crippen molar-refractivity contribution in [3.8, 4) is 0 Å². The van der Waals surface area contributed by atoms with Crippen molar-refractivity contribution in [1.82, 2.24) is 10.0 Å². The van der Waals surface area contributed by atoms with Crippen LogP contribution in [0.2, 0.25) is 0 Å². The van der Waals surface area contributed by atoms with Crippen molar-refractivity contribution in [1.29, 1.82) is 0 Å². The maximum absolute atomic E-state index is 13.8. The number of hydrogen-bond donors (Lipinski definition) is 2. The number of thiophene rings is 1. The average molecular weight is 384 g/mol. The Kier molecular flexibility index (Phi) is 6.69. The molecular weight excluding hydrogens is 363 g/mol. The number of carbonyl (C=O) groups excluding carboxylic acids is 1. The van der Waals surface area contributed by atoms with Gasteiger partial charge in [0, 0.05) is 11.4 Å². The summed E-state index contributed by atoms with van der Waals surface area (Å²) in [7, 11) is -4.13. The van der Waals surface area contributed by atoms with Crippen molar-refractivity contribution >= 4 is 27.3 Å². The molecule has 1 aromatic heterocycles. The first-order valence-corrected chi connectivity index (χ1v) is 10.2. The molecule has 0 aliphatic heterocycles. The van der Waals surface area contributed by atoms with Gasteiger partial charge in [0.1, 0.15) is 16.8 Å². The van der Waals surface area contributed by atoms with E-state index in [0.29, 0.717) is 13.0 Å². The summed E-state index contributed by atoms with van der Waals surface area (Å²) in [5.41, 5.74) is 0. The van der Waals surface area contributed by atoms with Crippen LogP contribution < -0.4 is 10.0 Å². The van der Waals surface area contributed by atoms with Gasteiger partial charge in [-0.05, 0) is 35.9 Å². The minimum Gasteiger partial charge on any atom is -0.354 e. The lowest BCUT2D eigenvalue weighted by atomic mass is 10.1. The summed E-state index contributed by atoms with van der Waals surface area (Å²) in [6.45, 7) is 3.87. The number of sulfonamides is 1. The second-order valence-electron chi connectivity index (χ2n) is 5.89. The topological polar surface area (TPSA) is 75.3 Å². The third kappa shape index (κ3) is 5.35. The van der Waals surface area contributed by atoms with E-state index in [2.05, 4.69) is 10.0 Å². The molecule has 5 nitrogen and oxygen atoms in total. The standard InChI is InChI=1S/C17H21FN2O3S2/c1-12(2)16(17(21)19-10-9-13-6-5-11-24-13)20-25(22,23)15-8-4-3-7-14(15)18/h3-8,11-12,16,20H,9-10H2,1-2H3,(H,19,21)/t16-/m0/s1. The smallest absolute Gasteiger partial charge is 0.244 e. The number of rotatable bonds is 8. The molecule has 0 saturated carbocycles. The Labute approximate surface area is 151 Å². The molecule has 0 aliphatic carbocycles. The fourth-order valence-electron chi connectivity index (χ4n) is 2.26. The molecule has 0 bridgehead atoms. The van der Waals surface area contributed by atoms with Gasteiger partial charge in [0.05, 0.1) is 0 Å². The molecule has 0 fully saturated rings. The summed E-state index contributed by atoms with van der Waals surface area (Å²) in [5, 5.41) is 4.69. The lowest BCUT2D eigenvalue weighted by Crippen LogP contribution is -2.50. The Morgan fingerprint density at radius 1 is 1.20 bits per heavy atom. The van der Waals surface area contributed by atoms with Gasteiger partial charge in [-0.2, -0.15) is 4.72 Å². The van der Waals surface area contributed by atoms with Gasteiger partial charge in [-0.1, -0.05) is 32.0 Å². The van der Waals surface area contributed by atoms with Gasteiger partial charge in [-0.3, -0.25) is 4.79 Å². The number of hydrogen-bond acceptors (Lipinski definition) is 4. The molecule has 1 heterocycles. The zero-order chi connectivity index (χ0) is 18.4. The monoisotopic (exact) mass is 384 g/mol. The Morgan fingerprint density at radius 2 is 1.92 bits per heavy atom. The Balaban J connectivity index is 2.04. The quantitative estimate of drug-likeness (QED) is 0.734. The van der Waals surface area contributed by atoms with Crippen LogP contribution in [0.5, 0.6) is 0 Å². The van der Waals surface area contributed by atoms with Crippen LogP contribution in [0.3, 0.4) is 0 Å². The lowest BCUT2D eigenvalue weighted by Gasteiger charge is -2.21. The van der Waals surface area contributed by atoms with E-state index < -0.39 is 32.7 Å². The zero-order valence-electron chi connectivity index (χ0n) is 14.0. The van der Waals surface area contributed by atoms with Crippen molar-refractivity contribution in [2.24, 2.45) is 5.92 Å². The Morgan fingerprint density at radius 3 is 2.52 bits per heavy atom. The normalized spacial score (nSPS) is 13.0. The van der Waals surface area contributed by atoms with Gasteiger partial charge in [0.25, 0.3) is 0 Å². The summed E-state index contributed by atoms with van der Waals surface area (Å²) in [6.07, 6.45) is 0.675. The number of benzene rings is 1. The third-order valence-electron chi connectivity index (χ3n) is 3.61. The molecule has 0 unspecified atom stereocenters. The highest BCUT2D eigenvalue weighted by atomic mass is 32.2. The lowest BCUT2D eigenvalue weighted by molar-refractivity contribution is -0.123. The van der Waals surface area contributed by atoms with Crippen LogP contribution in [0.4, 0.5) is 4.39 Å². The molecular formula is C17H21FN2O3S2. The summed E-state index contributed by atoms with van der Waals surface area (Å²) in [4.78, 5) is 13.0. The minimum atomic E-state index is -4.13. The highest BCUT2D eigenvalue weighted by Gasteiger charge is 2.29. The molecule has 2 aromatic rings. The fourth-order valence-corrected chi connectivity index (χ4v) is 4.39. The molecule has 0 saturated heterocycles. The molecule has 8 heteroatoms. The maximum atomic E-state index is 13.8. The van der Waals surface area contributed by atoms with Crippen LogP contribution in [0.25, 0.3) is 0 Å².